The van der Waals surface area contributed by atoms with Gasteiger partial charge in [0.1, 0.15) is 11.2 Å². The Balaban J connectivity index is 0. The van der Waals surface area contributed by atoms with Crippen molar-refractivity contribution in [1.82, 2.24) is 10.6 Å². The molecule has 0 unspecified atom stereocenters. The molecule has 3 N–H and O–H groups in total. The molecule has 0 saturated heterocycles. The summed E-state index contributed by atoms with van der Waals surface area (Å²) < 4.78 is 10.1. The van der Waals surface area contributed by atoms with Crippen molar-refractivity contribution in [3.05, 3.63) is 0 Å². The van der Waals surface area contributed by atoms with Crippen molar-refractivity contribution >= 4 is 18.2 Å². The Morgan fingerprint density at radius 2 is 1.10 bits per heavy atom. The van der Waals surface area contributed by atoms with Crippen molar-refractivity contribution in [2.45, 2.75) is 87.4 Å². The second kappa shape index (κ2) is 13.3. The molecule has 2 atom stereocenters. The lowest BCUT2D eigenvalue weighted by atomic mass is 9.96. The summed E-state index contributed by atoms with van der Waals surface area (Å²) in [7, 11) is 0. The molecule has 0 aromatic carbocycles. The Kier molecular flexibility index (Phi) is 13.4. The lowest BCUT2D eigenvalue weighted by molar-refractivity contribution is -0.143. The highest BCUT2D eigenvalue weighted by molar-refractivity contribution is 5.72. The predicted molar refractivity (Wildman–Crippen MR) is 118 cm³/mol. The van der Waals surface area contributed by atoms with Gasteiger partial charge >= 0.3 is 18.2 Å². The highest BCUT2D eigenvalue weighted by Gasteiger charge is 2.23. The van der Waals surface area contributed by atoms with Gasteiger partial charge in [0, 0.05) is 13.1 Å². The standard InChI is InChI=1S/C11H21NO4.C11H23NO2/c1-7(2)8(9(13)14)6-12-10(15)16-11(3,4)5;1-8(2)9(3)7-12-10(13)14-11(4,5)6/h7-8H,6H2,1-5H3,(H,12,15)(H,13,14);8-9H,7H2,1-6H3,(H,12,13)/t8-;9-/m11/s1. The third-order valence-corrected chi connectivity index (χ3v) is 4.09. The topological polar surface area (TPSA) is 114 Å². The van der Waals surface area contributed by atoms with Crippen molar-refractivity contribution in [1.29, 1.82) is 0 Å². The lowest BCUT2D eigenvalue weighted by Gasteiger charge is -2.21. The largest absolute Gasteiger partial charge is 0.481 e. The first-order valence-electron chi connectivity index (χ1n) is 10.5. The maximum atomic E-state index is 11.3. The molecule has 0 aliphatic carbocycles. The fourth-order valence-electron chi connectivity index (χ4n) is 1.91. The number of carboxylic acid groups (broad SMARTS) is 1. The molecule has 0 spiro atoms. The van der Waals surface area contributed by atoms with E-state index in [2.05, 4.69) is 31.4 Å². The molecule has 8 heteroatoms. The smallest absolute Gasteiger partial charge is 0.407 e. The van der Waals surface area contributed by atoms with Gasteiger partial charge in [-0.05, 0) is 59.3 Å². The van der Waals surface area contributed by atoms with E-state index in [1.807, 2.05) is 20.8 Å². The highest BCUT2D eigenvalue weighted by Crippen LogP contribution is 2.11. The number of carbonyl (C=O) groups is 3. The van der Waals surface area contributed by atoms with Gasteiger partial charge in [0.2, 0.25) is 0 Å². The predicted octanol–water partition coefficient (Wildman–Crippen LogP) is 4.67. The van der Waals surface area contributed by atoms with Crippen LogP contribution < -0.4 is 10.6 Å². The van der Waals surface area contributed by atoms with E-state index < -0.39 is 29.2 Å². The number of hydrogen-bond donors (Lipinski definition) is 3. The van der Waals surface area contributed by atoms with Crippen molar-refractivity contribution < 1.29 is 29.0 Å². The number of alkyl carbamates (subject to hydrolysis) is 2. The van der Waals surface area contributed by atoms with Crippen molar-refractivity contribution in [2.24, 2.45) is 23.7 Å². The van der Waals surface area contributed by atoms with Crippen molar-refractivity contribution in [3.63, 3.8) is 0 Å². The highest BCUT2D eigenvalue weighted by atomic mass is 16.6. The molecule has 30 heavy (non-hydrogen) atoms. The van der Waals surface area contributed by atoms with Gasteiger partial charge in [0.05, 0.1) is 5.92 Å². The Morgan fingerprint density at radius 3 is 1.37 bits per heavy atom. The normalized spacial score (nSPS) is 13.6. The number of carbonyl (C=O) groups excluding carboxylic acids is 2. The number of nitrogens with one attached hydrogen (secondary N) is 2. The monoisotopic (exact) mass is 432 g/mol. The van der Waals surface area contributed by atoms with E-state index in [0.717, 1.165) is 0 Å². The number of aliphatic carboxylic acids is 1. The third kappa shape index (κ3) is 18.1. The molecule has 178 valence electrons. The first kappa shape index (κ1) is 30.2. The van der Waals surface area contributed by atoms with Gasteiger partial charge in [-0.15, -0.1) is 0 Å². The van der Waals surface area contributed by atoms with E-state index in [9.17, 15) is 14.4 Å². The number of hydrogen-bond acceptors (Lipinski definition) is 5. The van der Waals surface area contributed by atoms with Gasteiger partial charge < -0.3 is 25.2 Å². The maximum absolute atomic E-state index is 11.3. The van der Waals surface area contributed by atoms with Crippen LogP contribution in [0.25, 0.3) is 0 Å². The summed E-state index contributed by atoms with van der Waals surface area (Å²) in [4.78, 5) is 33.4. The van der Waals surface area contributed by atoms with Crippen LogP contribution >= 0.6 is 0 Å². The van der Waals surface area contributed by atoms with Crippen LogP contribution in [0.1, 0.15) is 76.2 Å². The summed E-state index contributed by atoms with van der Waals surface area (Å²) in [5, 5.41) is 14.1. The number of carboxylic acids is 1. The summed E-state index contributed by atoms with van der Waals surface area (Å²) in [6, 6.07) is 0. The average Bonchev–Trinajstić information content (AvgIpc) is 2.49. The second-order valence-electron chi connectivity index (χ2n) is 10.2. The molecule has 0 aromatic heterocycles. The molecular formula is C22H44N2O6. The van der Waals surface area contributed by atoms with Gasteiger partial charge in [0.25, 0.3) is 0 Å². The molecule has 0 aromatic rings. The summed E-state index contributed by atoms with van der Waals surface area (Å²) in [6.07, 6.45) is -0.913. The molecule has 0 saturated carbocycles. The fraction of sp³-hybridized carbons (Fsp3) is 0.864. The van der Waals surface area contributed by atoms with Crippen molar-refractivity contribution in [3.8, 4) is 0 Å². The minimum absolute atomic E-state index is 0.0348. The zero-order valence-electron chi connectivity index (χ0n) is 20.7. The Morgan fingerprint density at radius 1 is 0.733 bits per heavy atom. The van der Waals surface area contributed by atoms with Crippen LogP contribution in [0.15, 0.2) is 0 Å². The minimum Gasteiger partial charge on any atom is -0.481 e. The molecule has 0 bridgehead atoms. The molecule has 0 aliphatic heterocycles. The zero-order chi connectivity index (χ0) is 24.3. The van der Waals surface area contributed by atoms with Crippen LogP contribution in [0, 0.1) is 23.7 Å². The lowest BCUT2D eigenvalue weighted by Crippen LogP contribution is -2.38. The number of rotatable bonds is 7. The molecule has 0 rings (SSSR count). The first-order chi connectivity index (χ1) is 13.4. The Hall–Kier alpha value is -1.99. The molecule has 0 heterocycles. The number of amides is 2. The van der Waals surface area contributed by atoms with E-state index in [-0.39, 0.29) is 18.6 Å². The van der Waals surface area contributed by atoms with Crippen LogP contribution in [0.2, 0.25) is 0 Å². The molecule has 0 aliphatic rings. The summed E-state index contributed by atoms with van der Waals surface area (Å²) in [5.41, 5.74) is -0.980. The van der Waals surface area contributed by atoms with Gasteiger partial charge in [0.15, 0.2) is 0 Å². The second-order valence-corrected chi connectivity index (χ2v) is 10.2. The van der Waals surface area contributed by atoms with Crippen LogP contribution in [0.5, 0.6) is 0 Å². The fourth-order valence-corrected chi connectivity index (χ4v) is 1.91. The number of ether oxygens (including phenoxy) is 2. The first-order valence-corrected chi connectivity index (χ1v) is 10.5. The summed E-state index contributed by atoms with van der Waals surface area (Å²) in [5.74, 6) is -0.488. The Labute approximate surface area is 182 Å². The maximum Gasteiger partial charge on any atom is 0.407 e. The van der Waals surface area contributed by atoms with Gasteiger partial charge in [-0.25, -0.2) is 9.59 Å². The third-order valence-electron chi connectivity index (χ3n) is 4.09. The summed E-state index contributed by atoms with van der Waals surface area (Å²) >= 11 is 0. The van der Waals surface area contributed by atoms with Crippen LogP contribution in [0.4, 0.5) is 9.59 Å². The van der Waals surface area contributed by atoms with E-state index in [1.165, 1.54) is 0 Å². The molecule has 0 fully saturated rings. The molecule has 8 nitrogen and oxygen atoms in total. The Bertz CT molecular complexity index is 533. The molecule has 2 amide bonds. The zero-order valence-corrected chi connectivity index (χ0v) is 20.7. The van der Waals surface area contributed by atoms with E-state index in [0.29, 0.717) is 18.4 Å². The molecule has 0 radical (unpaired) electrons. The van der Waals surface area contributed by atoms with Crippen molar-refractivity contribution in [2.75, 3.05) is 13.1 Å². The average molecular weight is 433 g/mol. The van der Waals surface area contributed by atoms with Gasteiger partial charge in [-0.2, -0.15) is 0 Å². The quantitative estimate of drug-likeness (QED) is 0.538. The SMILES string of the molecule is CC(C)[C@@H](CNC(=O)OC(C)(C)C)C(=O)O.CC(C)[C@H](C)CNC(=O)OC(C)(C)C. The van der Waals surface area contributed by atoms with Gasteiger partial charge in [-0.3, -0.25) is 4.79 Å². The van der Waals surface area contributed by atoms with E-state index >= 15 is 0 Å². The van der Waals surface area contributed by atoms with Crippen LogP contribution in [0.3, 0.4) is 0 Å². The van der Waals surface area contributed by atoms with E-state index in [4.69, 9.17) is 14.6 Å². The van der Waals surface area contributed by atoms with E-state index in [1.54, 1.807) is 34.6 Å². The van der Waals surface area contributed by atoms with Gasteiger partial charge in [-0.1, -0.05) is 34.6 Å². The molecular weight excluding hydrogens is 388 g/mol. The van der Waals surface area contributed by atoms with Crippen LogP contribution in [-0.4, -0.2) is 47.6 Å². The summed E-state index contributed by atoms with van der Waals surface area (Å²) in [6.45, 7) is 21.6. The minimum atomic E-state index is -0.911. The van der Waals surface area contributed by atoms with Crippen LogP contribution in [-0.2, 0) is 14.3 Å².